The van der Waals surface area contributed by atoms with Crippen molar-refractivity contribution < 1.29 is 14.3 Å². The smallest absolute Gasteiger partial charge is 0.251 e. The number of ether oxygens (including phenoxy) is 2. The standard InChI is InChI=1S/C15H24N2O3.ClH/c1-3-16-8-9-17-15(18)13-6-4-7-14(12-13)20-11-5-10-19-2;/h4,6-7,12,16H,3,5,8-11H2,1-2H3,(H,17,18);1H. The summed E-state index contributed by atoms with van der Waals surface area (Å²) in [5.74, 6) is 0.630. The molecule has 5 nitrogen and oxygen atoms in total. The van der Waals surface area contributed by atoms with Crippen LogP contribution in [0.25, 0.3) is 0 Å². The van der Waals surface area contributed by atoms with Crippen LogP contribution < -0.4 is 15.4 Å². The molecule has 1 rings (SSSR count). The van der Waals surface area contributed by atoms with E-state index in [0.29, 0.717) is 31.1 Å². The summed E-state index contributed by atoms with van der Waals surface area (Å²) in [6, 6.07) is 7.22. The second kappa shape index (κ2) is 12.4. The number of hydrogen-bond donors (Lipinski definition) is 2. The lowest BCUT2D eigenvalue weighted by molar-refractivity contribution is 0.0953. The lowest BCUT2D eigenvalue weighted by Gasteiger charge is -2.09. The Bertz CT molecular complexity index is 402. The fourth-order valence-electron chi connectivity index (χ4n) is 1.66. The molecule has 2 N–H and O–H groups in total. The lowest BCUT2D eigenvalue weighted by atomic mass is 10.2. The van der Waals surface area contributed by atoms with E-state index in [2.05, 4.69) is 10.6 Å². The van der Waals surface area contributed by atoms with Gasteiger partial charge in [0.15, 0.2) is 0 Å². The number of nitrogens with one attached hydrogen (secondary N) is 2. The molecule has 0 aromatic heterocycles. The van der Waals surface area contributed by atoms with E-state index in [0.717, 1.165) is 19.5 Å². The van der Waals surface area contributed by atoms with Crippen molar-refractivity contribution in [2.45, 2.75) is 13.3 Å². The van der Waals surface area contributed by atoms with Crippen LogP contribution in [0.15, 0.2) is 24.3 Å². The van der Waals surface area contributed by atoms with Crippen molar-refractivity contribution >= 4 is 18.3 Å². The van der Waals surface area contributed by atoms with E-state index in [1.807, 2.05) is 19.1 Å². The maximum atomic E-state index is 11.9. The van der Waals surface area contributed by atoms with Crippen molar-refractivity contribution in [3.8, 4) is 5.75 Å². The van der Waals surface area contributed by atoms with Crippen LogP contribution in [0.5, 0.6) is 5.75 Å². The van der Waals surface area contributed by atoms with Gasteiger partial charge in [-0.25, -0.2) is 0 Å². The third-order valence-electron chi connectivity index (χ3n) is 2.70. The van der Waals surface area contributed by atoms with Gasteiger partial charge in [0, 0.05) is 38.8 Å². The van der Waals surface area contributed by atoms with Gasteiger partial charge in [0.05, 0.1) is 6.61 Å². The van der Waals surface area contributed by atoms with Gasteiger partial charge in [0.25, 0.3) is 5.91 Å². The zero-order valence-corrected chi connectivity index (χ0v) is 13.5. The largest absolute Gasteiger partial charge is 0.493 e. The number of carbonyl (C=O) groups excluding carboxylic acids is 1. The Balaban J connectivity index is 0.00000400. The average Bonchev–Trinajstić information content (AvgIpc) is 2.48. The molecule has 0 aliphatic heterocycles. The first-order valence-corrected chi connectivity index (χ1v) is 6.98. The number of halogens is 1. The molecule has 0 aliphatic carbocycles. The topological polar surface area (TPSA) is 59.6 Å². The highest BCUT2D eigenvalue weighted by Crippen LogP contribution is 2.13. The summed E-state index contributed by atoms with van der Waals surface area (Å²) >= 11 is 0. The fourth-order valence-corrected chi connectivity index (χ4v) is 1.66. The molecule has 120 valence electrons. The molecular weight excluding hydrogens is 292 g/mol. The van der Waals surface area contributed by atoms with Gasteiger partial charge < -0.3 is 20.1 Å². The number of methoxy groups -OCH3 is 1. The van der Waals surface area contributed by atoms with Crippen molar-refractivity contribution in [2.75, 3.05) is 40.0 Å². The predicted octanol–water partition coefficient (Wildman–Crippen LogP) is 1.86. The average molecular weight is 317 g/mol. The minimum absolute atomic E-state index is 0. The Kier molecular flexibility index (Phi) is 11.7. The molecular formula is C15H25ClN2O3. The molecule has 1 aromatic rings. The van der Waals surface area contributed by atoms with E-state index < -0.39 is 0 Å². The molecule has 0 aliphatic rings. The van der Waals surface area contributed by atoms with Crippen LogP contribution in [0.4, 0.5) is 0 Å². The summed E-state index contributed by atoms with van der Waals surface area (Å²) < 4.78 is 10.5. The summed E-state index contributed by atoms with van der Waals surface area (Å²) in [5, 5.41) is 6.02. The van der Waals surface area contributed by atoms with Crippen molar-refractivity contribution in [1.29, 1.82) is 0 Å². The van der Waals surface area contributed by atoms with Crippen LogP contribution in [0.2, 0.25) is 0 Å². The highest BCUT2D eigenvalue weighted by Gasteiger charge is 2.05. The molecule has 0 saturated heterocycles. The first-order valence-electron chi connectivity index (χ1n) is 6.98. The van der Waals surface area contributed by atoms with E-state index in [-0.39, 0.29) is 18.3 Å². The summed E-state index contributed by atoms with van der Waals surface area (Å²) in [6.07, 6.45) is 0.829. The van der Waals surface area contributed by atoms with Gasteiger partial charge in [-0.3, -0.25) is 4.79 Å². The minimum Gasteiger partial charge on any atom is -0.493 e. The van der Waals surface area contributed by atoms with Crippen molar-refractivity contribution in [3.63, 3.8) is 0 Å². The van der Waals surface area contributed by atoms with Crippen molar-refractivity contribution in [3.05, 3.63) is 29.8 Å². The van der Waals surface area contributed by atoms with Gasteiger partial charge in [-0.15, -0.1) is 12.4 Å². The molecule has 0 bridgehead atoms. The number of hydrogen-bond acceptors (Lipinski definition) is 4. The highest BCUT2D eigenvalue weighted by molar-refractivity contribution is 5.94. The van der Waals surface area contributed by atoms with Gasteiger partial charge in [0.2, 0.25) is 0 Å². The SMILES string of the molecule is CCNCCNC(=O)c1cccc(OCCCOC)c1.Cl. The Labute approximate surface area is 132 Å². The molecule has 0 radical (unpaired) electrons. The minimum atomic E-state index is -0.0785. The Morgan fingerprint density at radius 2 is 2.05 bits per heavy atom. The zero-order valence-electron chi connectivity index (χ0n) is 12.7. The normalized spacial score (nSPS) is 9.81. The second-order valence-corrected chi connectivity index (χ2v) is 4.33. The van der Waals surface area contributed by atoms with E-state index in [1.54, 1.807) is 19.2 Å². The molecule has 21 heavy (non-hydrogen) atoms. The maximum absolute atomic E-state index is 11.9. The third-order valence-corrected chi connectivity index (χ3v) is 2.70. The van der Waals surface area contributed by atoms with E-state index in [1.165, 1.54) is 0 Å². The van der Waals surface area contributed by atoms with Crippen molar-refractivity contribution in [1.82, 2.24) is 10.6 Å². The Morgan fingerprint density at radius 1 is 1.24 bits per heavy atom. The monoisotopic (exact) mass is 316 g/mol. The predicted molar refractivity (Wildman–Crippen MR) is 86.6 cm³/mol. The number of amides is 1. The second-order valence-electron chi connectivity index (χ2n) is 4.33. The molecule has 0 saturated carbocycles. The molecule has 0 unspecified atom stereocenters. The molecule has 0 spiro atoms. The van der Waals surface area contributed by atoms with Crippen LogP contribution in [0.1, 0.15) is 23.7 Å². The molecule has 1 amide bonds. The first-order chi connectivity index (χ1) is 9.77. The van der Waals surface area contributed by atoms with Crippen molar-refractivity contribution in [2.24, 2.45) is 0 Å². The highest BCUT2D eigenvalue weighted by atomic mass is 35.5. The Hall–Kier alpha value is -1.30. The molecule has 1 aromatic carbocycles. The Morgan fingerprint density at radius 3 is 2.76 bits per heavy atom. The molecule has 0 heterocycles. The number of rotatable bonds is 10. The van der Waals surface area contributed by atoms with Crippen LogP contribution in [0, 0.1) is 0 Å². The number of likely N-dealkylation sites (N-methyl/N-ethyl adjacent to an activating group) is 1. The van der Waals surface area contributed by atoms with E-state index in [9.17, 15) is 4.79 Å². The third kappa shape index (κ3) is 8.55. The summed E-state index contributed by atoms with van der Waals surface area (Å²) in [6.45, 7) is 5.58. The quantitative estimate of drug-likeness (QED) is 0.647. The van der Waals surface area contributed by atoms with Gasteiger partial charge in [-0.05, 0) is 24.7 Å². The van der Waals surface area contributed by atoms with E-state index in [4.69, 9.17) is 9.47 Å². The van der Waals surface area contributed by atoms with Crippen LogP contribution >= 0.6 is 12.4 Å². The fraction of sp³-hybridized carbons (Fsp3) is 0.533. The van der Waals surface area contributed by atoms with Gasteiger partial charge in [0.1, 0.15) is 5.75 Å². The van der Waals surface area contributed by atoms with E-state index >= 15 is 0 Å². The van der Waals surface area contributed by atoms with Gasteiger partial charge in [-0.2, -0.15) is 0 Å². The summed E-state index contributed by atoms with van der Waals surface area (Å²) in [7, 11) is 1.67. The molecule has 6 heteroatoms. The van der Waals surface area contributed by atoms with Crippen LogP contribution in [0.3, 0.4) is 0 Å². The molecule has 0 atom stereocenters. The number of carbonyl (C=O) groups is 1. The summed E-state index contributed by atoms with van der Waals surface area (Å²) in [4.78, 5) is 11.9. The van der Waals surface area contributed by atoms with Gasteiger partial charge in [-0.1, -0.05) is 13.0 Å². The number of benzene rings is 1. The molecule has 0 fully saturated rings. The zero-order chi connectivity index (χ0) is 14.6. The maximum Gasteiger partial charge on any atom is 0.251 e. The van der Waals surface area contributed by atoms with Gasteiger partial charge >= 0.3 is 0 Å². The summed E-state index contributed by atoms with van der Waals surface area (Å²) in [5.41, 5.74) is 0.616. The first kappa shape index (κ1) is 19.7. The van der Waals surface area contributed by atoms with Crippen LogP contribution in [-0.2, 0) is 4.74 Å². The lowest BCUT2D eigenvalue weighted by Crippen LogP contribution is -2.31. The van der Waals surface area contributed by atoms with Crippen LogP contribution in [-0.4, -0.2) is 45.9 Å².